The van der Waals surface area contributed by atoms with E-state index in [2.05, 4.69) is 21.2 Å². The summed E-state index contributed by atoms with van der Waals surface area (Å²) in [7, 11) is 0. The Bertz CT molecular complexity index is 394. The number of benzene rings is 1. The molecule has 1 saturated heterocycles. The fourth-order valence-corrected chi connectivity index (χ4v) is 1.78. The van der Waals surface area contributed by atoms with Crippen LogP contribution in [0.15, 0.2) is 34.8 Å². The van der Waals surface area contributed by atoms with Crippen LogP contribution in [0, 0.1) is 5.92 Å². The third kappa shape index (κ3) is 4.87. The molecule has 0 aliphatic carbocycles. The molecule has 1 atom stereocenters. The van der Waals surface area contributed by atoms with Crippen molar-refractivity contribution in [1.29, 1.82) is 0 Å². The molecule has 1 aliphatic heterocycles. The molecule has 1 aliphatic rings. The highest BCUT2D eigenvalue weighted by molar-refractivity contribution is 9.10. The number of amides is 1. The molecule has 18 heavy (non-hydrogen) atoms. The van der Waals surface area contributed by atoms with Gasteiger partial charge >= 0.3 is 5.97 Å². The number of carbonyl (C=O) groups is 2. The van der Waals surface area contributed by atoms with E-state index in [1.54, 1.807) is 6.92 Å². The minimum atomic E-state index is -0.560. The van der Waals surface area contributed by atoms with E-state index < -0.39 is 11.9 Å². The highest BCUT2D eigenvalue weighted by Gasteiger charge is 2.31. The minimum absolute atomic E-state index is 0.205. The molecule has 1 N–H and O–H groups in total. The Morgan fingerprint density at radius 2 is 2.11 bits per heavy atom. The Morgan fingerprint density at radius 3 is 2.50 bits per heavy atom. The van der Waals surface area contributed by atoms with Crippen LogP contribution in [0.2, 0.25) is 0 Å². The largest absolute Gasteiger partial charge is 0.465 e. The zero-order valence-corrected chi connectivity index (χ0v) is 11.8. The van der Waals surface area contributed by atoms with E-state index in [0.717, 1.165) is 4.47 Å². The number of rotatable bonds is 2. The number of esters is 1. The second-order valence-corrected chi connectivity index (χ2v) is 4.60. The van der Waals surface area contributed by atoms with Gasteiger partial charge in [-0.25, -0.2) is 0 Å². The predicted molar refractivity (Wildman–Crippen MR) is 71.9 cm³/mol. The summed E-state index contributed by atoms with van der Waals surface area (Å²) in [5, 5.41) is 2.57. The van der Waals surface area contributed by atoms with Gasteiger partial charge in [-0.2, -0.15) is 0 Å². The molecular weight excluding hydrogens is 298 g/mol. The van der Waals surface area contributed by atoms with E-state index in [0.29, 0.717) is 19.6 Å². The molecule has 1 amide bonds. The summed E-state index contributed by atoms with van der Waals surface area (Å²) in [4.78, 5) is 21.9. The van der Waals surface area contributed by atoms with Crippen LogP contribution >= 0.6 is 15.9 Å². The summed E-state index contributed by atoms with van der Waals surface area (Å²) in [6.45, 7) is 2.65. The van der Waals surface area contributed by atoms with Gasteiger partial charge in [0.15, 0.2) is 0 Å². The molecule has 2 rings (SSSR count). The normalized spacial score (nSPS) is 17.4. The number of nitrogens with one attached hydrogen (secondary N) is 1. The zero-order chi connectivity index (χ0) is 13.4. The van der Waals surface area contributed by atoms with E-state index in [9.17, 15) is 9.59 Å². The highest BCUT2D eigenvalue weighted by Crippen LogP contribution is 2.10. The first kappa shape index (κ1) is 14.7. The third-order valence-electron chi connectivity index (χ3n) is 2.35. The van der Waals surface area contributed by atoms with Crippen molar-refractivity contribution in [2.45, 2.75) is 13.3 Å². The molecule has 4 nitrogen and oxygen atoms in total. The first-order chi connectivity index (χ1) is 8.65. The average Bonchev–Trinajstić information content (AvgIpc) is 2.78. The lowest BCUT2D eigenvalue weighted by molar-refractivity contribution is -0.150. The van der Waals surface area contributed by atoms with Crippen LogP contribution in [0.3, 0.4) is 0 Å². The molecule has 0 aromatic heterocycles. The molecule has 1 aromatic carbocycles. The van der Waals surface area contributed by atoms with E-state index in [-0.39, 0.29) is 5.91 Å². The van der Waals surface area contributed by atoms with Gasteiger partial charge in [0, 0.05) is 11.0 Å². The summed E-state index contributed by atoms with van der Waals surface area (Å²) < 4.78 is 5.83. The Balaban J connectivity index is 0.000000199. The van der Waals surface area contributed by atoms with Gasteiger partial charge in [0.05, 0.1) is 6.61 Å². The van der Waals surface area contributed by atoms with Gasteiger partial charge in [-0.3, -0.25) is 9.59 Å². The van der Waals surface area contributed by atoms with Crippen molar-refractivity contribution in [2.24, 2.45) is 5.92 Å². The molecule has 98 valence electrons. The Labute approximate surface area is 115 Å². The fourth-order valence-electron chi connectivity index (χ4n) is 1.48. The molecule has 1 fully saturated rings. The first-order valence-corrected chi connectivity index (χ1v) is 6.59. The van der Waals surface area contributed by atoms with Crippen LogP contribution in [-0.4, -0.2) is 25.0 Å². The predicted octanol–water partition coefficient (Wildman–Crippen LogP) is 2.13. The molecule has 1 unspecified atom stereocenters. The number of halogens is 1. The van der Waals surface area contributed by atoms with E-state index >= 15 is 0 Å². The summed E-state index contributed by atoms with van der Waals surface area (Å²) in [5.41, 5.74) is 0. The maximum absolute atomic E-state index is 11.0. The topological polar surface area (TPSA) is 55.4 Å². The van der Waals surface area contributed by atoms with Crippen LogP contribution in [0.4, 0.5) is 0 Å². The first-order valence-electron chi connectivity index (χ1n) is 5.80. The van der Waals surface area contributed by atoms with Gasteiger partial charge in [-0.15, -0.1) is 0 Å². The smallest absolute Gasteiger partial charge is 0.318 e. The van der Waals surface area contributed by atoms with Crippen LogP contribution in [0.1, 0.15) is 13.3 Å². The van der Waals surface area contributed by atoms with Crippen molar-refractivity contribution in [3.8, 4) is 0 Å². The molecule has 0 bridgehead atoms. The Morgan fingerprint density at radius 1 is 1.44 bits per heavy atom. The number of hydrogen-bond acceptors (Lipinski definition) is 3. The van der Waals surface area contributed by atoms with Gasteiger partial charge < -0.3 is 10.1 Å². The minimum Gasteiger partial charge on any atom is -0.465 e. The van der Waals surface area contributed by atoms with Gasteiger partial charge in [-0.05, 0) is 25.5 Å². The third-order valence-corrected chi connectivity index (χ3v) is 2.88. The summed E-state index contributed by atoms with van der Waals surface area (Å²) in [6.07, 6.45) is 0.567. The summed E-state index contributed by atoms with van der Waals surface area (Å²) >= 11 is 3.31. The maximum Gasteiger partial charge on any atom is 0.318 e. The van der Waals surface area contributed by atoms with Gasteiger partial charge in [0.25, 0.3) is 0 Å². The average molecular weight is 314 g/mol. The monoisotopic (exact) mass is 313 g/mol. The van der Waals surface area contributed by atoms with Crippen LogP contribution in [0.25, 0.3) is 0 Å². The van der Waals surface area contributed by atoms with Gasteiger partial charge in [0.2, 0.25) is 5.91 Å². The van der Waals surface area contributed by atoms with Crippen molar-refractivity contribution >= 4 is 27.8 Å². The number of ether oxygens (including phenoxy) is 1. The maximum atomic E-state index is 11.0. The Kier molecular flexibility index (Phi) is 6.43. The van der Waals surface area contributed by atoms with Gasteiger partial charge in [0.1, 0.15) is 5.92 Å². The van der Waals surface area contributed by atoms with Crippen molar-refractivity contribution < 1.29 is 14.3 Å². The molecule has 1 heterocycles. The Hall–Kier alpha value is -1.36. The van der Waals surface area contributed by atoms with Crippen molar-refractivity contribution in [3.63, 3.8) is 0 Å². The standard InChI is InChI=1S/C7H11NO3.C6H5Br/c1-2-11-7(10)5-3-4-8-6(5)9;7-6-4-2-1-3-5-6/h5H,2-4H2,1H3,(H,8,9);1-5H. The van der Waals surface area contributed by atoms with Crippen LogP contribution in [0.5, 0.6) is 0 Å². The number of carbonyl (C=O) groups excluding carboxylic acids is 2. The molecule has 0 saturated carbocycles. The zero-order valence-electron chi connectivity index (χ0n) is 10.2. The molecule has 1 aromatic rings. The molecule has 0 radical (unpaired) electrons. The van der Waals surface area contributed by atoms with E-state index in [1.165, 1.54) is 0 Å². The van der Waals surface area contributed by atoms with Crippen molar-refractivity contribution in [3.05, 3.63) is 34.8 Å². The SMILES string of the molecule is Brc1ccccc1.CCOC(=O)C1CCNC1=O. The van der Waals surface area contributed by atoms with Crippen LogP contribution < -0.4 is 5.32 Å². The second-order valence-electron chi connectivity index (χ2n) is 3.68. The van der Waals surface area contributed by atoms with Gasteiger partial charge in [-0.1, -0.05) is 34.1 Å². The summed E-state index contributed by atoms with van der Waals surface area (Å²) in [6, 6.07) is 9.97. The highest BCUT2D eigenvalue weighted by atomic mass is 79.9. The lowest BCUT2D eigenvalue weighted by Gasteiger charge is -2.04. The number of hydrogen-bond donors (Lipinski definition) is 1. The summed E-state index contributed by atoms with van der Waals surface area (Å²) in [5.74, 6) is -1.17. The lowest BCUT2D eigenvalue weighted by Crippen LogP contribution is -2.26. The molecule has 5 heteroatoms. The van der Waals surface area contributed by atoms with E-state index in [1.807, 2.05) is 30.3 Å². The second kappa shape index (κ2) is 7.87. The van der Waals surface area contributed by atoms with Crippen molar-refractivity contribution in [1.82, 2.24) is 5.32 Å². The fraction of sp³-hybridized carbons (Fsp3) is 0.385. The molecule has 0 spiro atoms. The lowest BCUT2D eigenvalue weighted by atomic mass is 10.1. The van der Waals surface area contributed by atoms with Crippen LogP contribution in [-0.2, 0) is 14.3 Å². The van der Waals surface area contributed by atoms with Crippen molar-refractivity contribution in [2.75, 3.05) is 13.2 Å². The quantitative estimate of drug-likeness (QED) is 0.672. The molecular formula is C13H16BrNO3. The van der Waals surface area contributed by atoms with E-state index in [4.69, 9.17) is 4.74 Å².